The smallest absolute Gasteiger partial charge is 0.341 e. The fraction of sp³-hybridized carbons (Fsp3) is 0. The van der Waals surface area contributed by atoms with E-state index < -0.39 is 11.8 Å². The third-order valence-corrected chi connectivity index (χ3v) is 2.53. The number of hydrogen-bond donors (Lipinski definition) is 1. The first-order chi connectivity index (χ1) is 8.66. The monoisotopic (exact) mass is 247 g/mol. The fourth-order valence-corrected chi connectivity index (χ4v) is 1.71. The lowest BCUT2D eigenvalue weighted by atomic mass is 10.2. The summed E-state index contributed by atoms with van der Waals surface area (Å²) in [5, 5.41) is 12.6. The molecule has 0 saturated heterocycles. The maximum Gasteiger partial charge on any atom is 0.341 e. The van der Waals surface area contributed by atoms with E-state index >= 15 is 0 Å². The molecule has 18 heavy (non-hydrogen) atoms. The van der Waals surface area contributed by atoms with Crippen LogP contribution in [0.25, 0.3) is 22.5 Å². The third kappa shape index (κ3) is 1.46. The van der Waals surface area contributed by atoms with E-state index in [0.717, 1.165) is 6.20 Å². The molecule has 0 fully saturated rings. The molecule has 5 nitrogen and oxygen atoms in total. The Bertz CT molecular complexity index is 743. The zero-order valence-corrected chi connectivity index (χ0v) is 8.88. The van der Waals surface area contributed by atoms with Gasteiger partial charge in [0.2, 0.25) is 5.76 Å². The van der Waals surface area contributed by atoms with Gasteiger partial charge in [0.15, 0.2) is 5.76 Å². The number of rotatable bonds is 2. The fourth-order valence-electron chi connectivity index (χ4n) is 1.71. The van der Waals surface area contributed by atoms with Crippen molar-refractivity contribution in [3.05, 3.63) is 41.8 Å². The van der Waals surface area contributed by atoms with Gasteiger partial charge in [0, 0.05) is 0 Å². The molecule has 0 spiro atoms. The van der Waals surface area contributed by atoms with E-state index in [1.165, 1.54) is 18.2 Å². The van der Waals surface area contributed by atoms with Crippen molar-refractivity contribution in [1.82, 2.24) is 5.16 Å². The third-order valence-electron chi connectivity index (χ3n) is 2.53. The molecular weight excluding hydrogens is 241 g/mol. The molecule has 0 aliphatic rings. The first kappa shape index (κ1) is 10.5. The highest BCUT2D eigenvalue weighted by atomic mass is 19.1. The summed E-state index contributed by atoms with van der Waals surface area (Å²) >= 11 is 0. The average molecular weight is 247 g/mol. The van der Waals surface area contributed by atoms with Crippen molar-refractivity contribution in [2.24, 2.45) is 0 Å². The van der Waals surface area contributed by atoms with Crippen molar-refractivity contribution in [2.75, 3.05) is 0 Å². The molecule has 0 amide bonds. The number of aromatic carboxylic acids is 1. The average Bonchev–Trinajstić information content (AvgIpc) is 2.95. The standard InChI is InChI=1S/C12H6FNO4/c13-8-2-1-3-9-6(8)4-10(17-9)11-7(12(15)16)5-14-18-11/h1-5H,(H,15,16). The first-order valence-electron chi connectivity index (χ1n) is 5.03. The van der Waals surface area contributed by atoms with Gasteiger partial charge in [-0.15, -0.1) is 0 Å². The summed E-state index contributed by atoms with van der Waals surface area (Å²) in [5.74, 6) is -1.53. The van der Waals surface area contributed by atoms with Gasteiger partial charge in [-0.1, -0.05) is 11.2 Å². The molecule has 0 saturated carbocycles. The van der Waals surface area contributed by atoms with Gasteiger partial charge in [-0.2, -0.15) is 0 Å². The molecule has 6 heteroatoms. The highest BCUT2D eigenvalue weighted by Gasteiger charge is 2.21. The summed E-state index contributed by atoms with van der Waals surface area (Å²) in [6.07, 6.45) is 1.07. The summed E-state index contributed by atoms with van der Waals surface area (Å²) < 4.78 is 23.7. The number of benzene rings is 1. The maximum absolute atomic E-state index is 13.5. The molecule has 3 rings (SSSR count). The van der Waals surface area contributed by atoms with Crippen molar-refractivity contribution in [2.45, 2.75) is 0 Å². The van der Waals surface area contributed by atoms with E-state index in [2.05, 4.69) is 5.16 Å². The summed E-state index contributed by atoms with van der Waals surface area (Å²) in [4.78, 5) is 10.9. The molecule has 2 aromatic heterocycles. The quantitative estimate of drug-likeness (QED) is 0.753. The highest BCUT2D eigenvalue weighted by Crippen LogP contribution is 2.31. The Hall–Kier alpha value is -2.63. The van der Waals surface area contributed by atoms with Crippen LogP contribution in [0.5, 0.6) is 0 Å². The van der Waals surface area contributed by atoms with Crippen molar-refractivity contribution >= 4 is 16.9 Å². The van der Waals surface area contributed by atoms with Crippen LogP contribution in [0.2, 0.25) is 0 Å². The van der Waals surface area contributed by atoms with Crippen LogP contribution in [0.4, 0.5) is 4.39 Å². The Labute approximate surface area is 99.4 Å². The number of furan rings is 1. The van der Waals surface area contributed by atoms with Crippen LogP contribution < -0.4 is 0 Å². The van der Waals surface area contributed by atoms with Crippen LogP contribution in [0.15, 0.2) is 39.4 Å². The van der Waals surface area contributed by atoms with E-state index in [4.69, 9.17) is 14.0 Å². The lowest BCUT2D eigenvalue weighted by Crippen LogP contribution is -1.95. The van der Waals surface area contributed by atoms with Gasteiger partial charge in [0.1, 0.15) is 17.0 Å². The Morgan fingerprint density at radius 3 is 2.94 bits per heavy atom. The Morgan fingerprint density at radius 2 is 2.22 bits per heavy atom. The molecule has 0 aliphatic carbocycles. The molecule has 90 valence electrons. The van der Waals surface area contributed by atoms with Crippen molar-refractivity contribution in [3.8, 4) is 11.5 Å². The lowest BCUT2D eigenvalue weighted by Gasteiger charge is -1.90. The van der Waals surface area contributed by atoms with Gasteiger partial charge in [-0.3, -0.25) is 0 Å². The Morgan fingerprint density at radius 1 is 1.39 bits per heavy atom. The number of nitrogens with zero attached hydrogens (tertiary/aromatic N) is 1. The number of hydrogen-bond acceptors (Lipinski definition) is 4. The lowest BCUT2D eigenvalue weighted by molar-refractivity contribution is 0.0697. The minimum absolute atomic E-state index is 0.0295. The maximum atomic E-state index is 13.5. The number of carbonyl (C=O) groups is 1. The van der Waals surface area contributed by atoms with Gasteiger partial charge in [-0.05, 0) is 18.2 Å². The van der Waals surface area contributed by atoms with E-state index in [1.807, 2.05) is 0 Å². The molecule has 0 bridgehead atoms. The van der Waals surface area contributed by atoms with Crippen LogP contribution in [-0.4, -0.2) is 16.2 Å². The van der Waals surface area contributed by atoms with Crippen LogP contribution in [0.1, 0.15) is 10.4 Å². The summed E-state index contributed by atoms with van der Waals surface area (Å²) in [7, 11) is 0. The number of halogens is 1. The van der Waals surface area contributed by atoms with Gasteiger partial charge < -0.3 is 14.0 Å². The summed E-state index contributed by atoms with van der Waals surface area (Å²) in [6.45, 7) is 0. The zero-order valence-electron chi connectivity index (χ0n) is 8.88. The van der Waals surface area contributed by atoms with Gasteiger partial charge in [-0.25, -0.2) is 9.18 Å². The molecule has 2 heterocycles. The number of aromatic nitrogens is 1. The predicted molar refractivity (Wildman–Crippen MR) is 58.6 cm³/mol. The van der Waals surface area contributed by atoms with Crippen molar-refractivity contribution in [1.29, 1.82) is 0 Å². The molecule has 1 N–H and O–H groups in total. The molecular formula is C12H6FNO4. The van der Waals surface area contributed by atoms with E-state index in [0.29, 0.717) is 5.58 Å². The largest absolute Gasteiger partial charge is 0.477 e. The second-order valence-electron chi connectivity index (χ2n) is 3.64. The summed E-state index contributed by atoms with van der Waals surface area (Å²) in [6, 6.07) is 5.76. The molecule has 1 aromatic carbocycles. The van der Waals surface area contributed by atoms with E-state index in [-0.39, 0.29) is 22.5 Å². The molecule has 0 atom stereocenters. The van der Waals surface area contributed by atoms with Gasteiger partial charge >= 0.3 is 5.97 Å². The molecule has 0 unspecified atom stereocenters. The summed E-state index contributed by atoms with van der Waals surface area (Å²) in [5.41, 5.74) is 0.187. The van der Waals surface area contributed by atoms with Gasteiger partial charge in [0.05, 0.1) is 11.6 Å². The minimum atomic E-state index is -1.19. The predicted octanol–water partition coefficient (Wildman–Crippen LogP) is 2.93. The minimum Gasteiger partial charge on any atom is -0.477 e. The molecule has 3 aromatic rings. The molecule has 0 radical (unpaired) electrons. The van der Waals surface area contributed by atoms with Gasteiger partial charge in [0.25, 0.3) is 0 Å². The highest BCUT2D eigenvalue weighted by molar-refractivity contribution is 5.94. The van der Waals surface area contributed by atoms with E-state index in [1.54, 1.807) is 6.07 Å². The Kier molecular flexibility index (Phi) is 2.16. The molecule has 0 aliphatic heterocycles. The second kappa shape index (κ2) is 3.69. The Balaban J connectivity index is 2.23. The van der Waals surface area contributed by atoms with Crippen molar-refractivity contribution < 1.29 is 23.2 Å². The van der Waals surface area contributed by atoms with Crippen LogP contribution in [-0.2, 0) is 0 Å². The van der Waals surface area contributed by atoms with Crippen LogP contribution in [0.3, 0.4) is 0 Å². The normalized spacial score (nSPS) is 10.9. The van der Waals surface area contributed by atoms with Crippen LogP contribution >= 0.6 is 0 Å². The topological polar surface area (TPSA) is 76.5 Å². The first-order valence-corrected chi connectivity index (χ1v) is 5.03. The van der Waals surface area contributed by atoms with Crippen molar-refractivity contribution in [3.63, 3.8) is 0 Å². The second-order valence-corrected chi connectivity index (χ2v) is 3.64. The number of carboxylic acid groups (broad SMARTS) is 1. The number of fused-ring (bicyclic) bond motifs is 1. The number of carboxylic acids is 1. The SMILES string of the molecule is O=C(O)c1cnoc1-c1cc2c(F)cccc2o1. The zero-order chi connectivity index (χ0) is 12.7. The van der Waals surface area contributed by atoms with Crippen LogP contribution in [0, 0.1) is 5.82 Å². The van der Waals surface area contributed by atoms with E-state index in [9.17, 15) is 9.18 Å².